The molecule has 0 heterocycles. The van der Waals surface area contributed by atoms with Gasteiger partial charge in [0.05, 0.1) is 0 Å². The van der Waals surface area contributed by atoms with Crippen LogP contribution in [0.15, 0.2) is 18.2 Å². The third-order valence-corrected chi connectivity index (χ3v) is 3.93. The molecule has 0 saturated carbocycles. The molecule has 128 valence electrons. The number of unbranched alkanes of at least 4 members (excludes halogenated alkanes) is 5. The minimum Gasteiger partial charge on any atom is -0.480 e. The van der Waals surface area contributed by atoms with Crippen molar-refractivity contribution in [3.05, 3.63) is 34.9 Å². The molecule has 0 aliphatic carbocycles. The Morgan fingerprint density at radius 3 is 2.13 bits per heavy atom. The predicted molar refractivity (Wildman–Crippen MR) is 92.8 cm³/mol. The number of aryl methyl sites for hydroxylation is 2. The maximum absolute atomic E-state index is 12.3. The second kappa shape index (κ2) is 10.0. The summed E-state index contributed by atoms with van der Waals surface area (Å²) in [4.78, 5) is 23.6. The molecule has 0 radical (unpaired) electrons. The standard InChI is InChI=1S/C19H29NO3/c1-4-5-6-7-8-9-10-17(19(22)23)20-18(21)16-12-14(2)11-15(3)13-16/h11-13,17H,4-10H2,1-3H3,(H,20,21)(H,22,23)/t17-/m0/s1. The van der Waals surface area contributed by atoms with E-state index >= 15 is 0 Å². The van der Waals surface area contributed by atoms with Gasteiger partial charge in [-0.05, 0) is 32.4 Å². The Balaban J connectivity index is 2.51. The monoisotopic (exact) mass is 319 g/mol. The molecule has 0 spiro atoms. The average molecular weight is 319 g/mol. The van der Waals surface area contributed by atoms with E-state index in [1.165, 1.54) is 19.3 Å². The summed E-state index contributed by atoms with van der Waals surface area (Å²) in [6, 6.07) is 4.74. The fourth-order valence-corrected chi connectivity index (χ4v) is 2.73. The zero-order valence-electron chi connectivity index (χ0n) is 14.5. The van der Waals surface area contributed by atoms with Crippen molar-refractivity contribution in [1.82, 2.24) is 5.32 Å². The third kappa shape index (κ3) is 7.31. The lowest BCUT2D eigenvalue weighted by Gasteiger charge is -2.15. The van der Waals surface area contributed by atoms with E-state index in [2.05, 4.69) is 12.2 Å². The Kier molecular flexibility index (Phi) is 8.38. The normalized spacial score (nSPS) is 12.0. The molecular weight excluding hydrogens is 290 g/mol. The van der Waals surface area contributed by atoms with Crippen molar-refractivity contribution in [3.8, 4) is 0 Å². The van der Waals surface area contributed by atoms with E-state index in [4.69, 9.17) is 0 Å². The molecule has 0 bridgehead atoms. The van der Waals surface area contributed by atoms with Gasteiger partial charge in [0.2, 0.25) is 0 Å². The van der Waals surface area contributed by atoms with E-state index in [9.17, 15) is 14.7 Å². The molecule has 0 saturated heterocycles. The lowest BCUT2D eigenvalue weighted by molar-refractivity contribution is -0.139. The van der Waals surface area contributed by atoms with Crippen LogP contribution in [0.4, 0.5) is 0 Å². The van der Waals surface area contributed by atoms with Crippen LogP contribution in [-0.4, -0.2) is 23.0 Å². The molecule has 1 atom stereocenters. The number of carboxylic acid groups (broad SMARTS) is 1. The van der Waals surface area contributed by atoms with E-state index in [1.54, 1.807) is 12.1 Å². The fraction of sp³-hybridized carbons (Fsp3) is 0.579. The Morgan fingerprint density at radius 2 is 1.57 bits per heavy atom. The summed E-state index contributed by atoms with van der Waals surface area (Å²) < 4.78 is 0. The van der Waals surface area contributed by atoms with Crippen LogP contribution in [0.3, 0.4) is 0 Å². The first-order chi connectivity index (χ1) is 10.9. The summed E-state index contributed by atoms with van der Waals surface area (Å²) >= 11 is 0. The van der Waals surface area contributed by atoms with Gasteiger partial charge in [0.25, 0.3) is 5.91 Å². The van der Waals surface area contributed by atoms with E-state index < -0.39 is 12.0 Å². The minimum absolute atomic E-state index is 0.310. The summed E-state index contributed by atoms with van der Waals surface area (Å²) in [7, 11) is 0. The van der Waals surface area contributed by atoms with E-state index in [0.29, 0.717) is 12.0 Å². The van der Waals surface area contributed by atoms with Gasteiger partial charge in [-0.15, -0.1) is 0 Å². The van der Waals surface area contributed by atoms with Gasteiger partial charge in [0, 0.05) is 5.56 Å². The smallest absolute Gasteiger partial charge is 0.326 e. The molecule has 0 unspecified atom stereocenters. The lowest BCUT2D eigenvalue weighted by atomic mass is 10.0. The van der Waals surface area contributed by atoms with Crippen LogP contribution in [0.25, 0.3) is 0 Å². The molecule has 4 nitrogen and oxygen atoms in total. The fourth-order valence-electron chi connectivity index (χ4n) is 2.73. The van der Waals surface area contributed by atoms with Crippen molar-refractivity contribution in [2.75, 3.05) is 0 Å². The Labute approximate surface area is 139 Å². The van der Waals surface area contributed by atoms with Gasteiger partial charge in [-0.3, -0.25) is 4.79 Å². The summed E-state index contributed by atoms with van der Waals surface area (Å²) in [5.41, 5.74) is 2.52. The van der Waals surface area contributed by atoms with Crippen molar-refractivity contribution < 1.29 is 14.7 Å². The van der Waals surface area contributed by atoms with Crippen molar-refractivity contribution in [2.24, 2.45) is 0 Å². The highest BCUT2D eigenvalue weighted by molar-refractivity contribution is 5.96. The first-order valence-corrected chi connectivity index (χ1v) is 8.56. The van der Waals surface area contributed by atoms with Crippen molar-refractivity contribution >= 4 is 11.9 Å². The van der Waals surface area contributed by atoms with Gasteiger partial charge >= 0.3 is 5.97 Å². The molecule has 0 aromatic heterocycles. The van der Waals surface area contributed by atoms with Crippen LogP contribution in [0.2, 0.25) is 0 Å². The number of carboxylic acids is 1. The molecular formula is C19H29NO3. The number of benzene rings is 1. The summed E-state index contributed by atoms with van der Waals surface area (Å²) in [6.45, 7) is 6.02. The predicted octanol–water partition coefficient (Wildman–Crippen LogP) is 4.24. The Morgan fingerprint density at radius 1 is 1.00 bits per heavy atom. The highest BCUT2D eigenvalue weighted by atomic mass is 16.4. The van der Waals surface area contributed by atoms with Crippen LogP contribution < -0.4 is 5.32 Å². The largest absolute Gasteiger partial charge is 0.480 e. The quantitative estimate of drug-likeness (QED) is 0.634. The minimum atomic E-state index is -0.962. The third-order valence-electron chi connectivity index (χ3n) is 3.93. The van der Waals surface area contributed by atoms with Gasteiger partial charge in [0.15, 0.2) is 0 Å². The number of carbonyl (C=O) groups excluding carboxylic acids is 1. The van der Waals surface area contributed by atoms with Gasteiger partial charge in [-0.1, -0.05) is 62.6 Å². The van der Waals surface area contributed by atoms with E-state index in [-0.39, 0.29) is 5.91 Å². The summed E-state index contributed by atoms with van der Waals surface area (Å²) in [5.74, 6) is -1.27. The molecule has 0 fully saturated rings. The molecule has 0 aliphatic rings. The van der Waals surface area contributed by atoms with Crippen LogP contribution in [0.5, 0.6) is 0 Å². The Bertz CT molecular complexity index is 505. The summed E-state index contributed by atoms with van der Waals surface area (Å²) in [5, 5.41) is 12.0. The highest BCUT2D eigenvalue weighted by Crippen LogP contribution is 2.11. The van der Waals surface area contributed by atoms with Crippen LogP contribution in [0.1, 0.15) is 73.4 Å². The number of amides is 1. The highest BCUT2D eigenvalue weighted by Gasteiger charge is 2.20. The Hall–Kier alpha value is -1.84. The van der Waals surface area contributed by atoms with Crippen molar-refractivity contribution in [2.45, 2.75) is 71.8 Å². The number of aliphatic carboxylic acids is 1. The average Bonchev–Trinajstić information content (AvgIpc) is 2.48. The van der Waals surface area contributed by atoms with Gasteiger partial charge in [-0.2, -0.15) is 0 Å². The van der Waals surface area contributed by atoms with E-state index in [1.807, 2.05) is 19.9 Å². The first kappa shape index (κ1) is 19.2. The first-order valence-electron chi connectivity index (χ1n) is 8.56. The number of hydrogen-bond donors (Lipinski definition) is 2. The van der Waals surface area contributed by atoms with Crippen LogP contribution >= 0.6 is 0 Å². The number of carbonyl (C=O) groups is 2. The molecule has 0 aliphatic heterocycles. The summed E-state index contributed by atoms with van der Waals surface area (Å²) in [6.07, 6.45) is 7.08. The molecule has 1 aromatic rings. The van der Waals surface area contributed by atoms with Crippen molar-refractivity contribution in [1.29, 1.82) is 0 Å². The zero-order valence-corrected chi connectivity index (χ0v) is 14.5. The maximum atomic E-state index is 12.3. The van der Waals surface area contributed by atoms with Gasteiger partial charge in [-0.25, -0.2) is 4.79 Å². The SMILES string of the molecule is CCCCCCCC[C@H](NC(=O)c1cc(C)cc(C)c1)C(=O)O. The van der Waals surface area contributed by atoms with E-state index in [0.717, 1.165) is 30.4 Å². The molecule has 23 heavy (non-hydrogen) atoms. The lowest BCUT2D eigenvalue weighted by Crippen LogP contribution is -2.40. The van der Waals surface area contributed by atoms with Crippen LogP contribution in [-0.2, 0) is 4.79 Å². The molecule has 1 rings (SSSR count). The molecule has 1 aromatic carbocycles. The zero-order chi connectivity index (χ0) is 17.2. The van der Waals surface area contributed by atoms with Gasteiger partial charge < -0.3 is 10.4 Å². The van der Waals surface area contributed by atoms with Crippen molar-refractivity contribution in [3.63, 3.8) is 0 Å². The van der Waals surface area contributed by atoms with Crippen LogP contribution in [0, 0.1) is 13.8 Å². The maximum Gasteiger partial charge on any atom is 0.326 e. The van der Waals surface area contributed by atoms with Gasteiger partial charge in [0.1, 0.15) is 6.04 Å². The number of hydrogen-bond acceptors (Lipinski definition) is 2. The topological polar surface area (TPSA) is 66.4 Å². The molecule has 1 amide bonds. The number of rotatable bonds is 10. The number of nitrogens with one attached hydrogen (secondary N) is 1. The molecule has 2 N–H and O–H groups in total. The second-order valence-corrected chi connectivity index (χ2v) is 6.30. The molecule has 4 heteroatoms. The second-order valence-electron chi connectivity index (χ2n) is 6.30.